The van der Waals surface area contributed by atoms with E-state index in [2.05, 4.69) is 5.32 Å². The molecule has 0 saturated heterocycles. The van der Waals surface area contributed by atoms with E-state index in [1.807, 2.05) is 6.92 Å². The van der Waals surface area contributed by atoms with Crippen molar-refractivity contribution in [2.75, 3.05) is 12.0 Å². The van der Waals surface area contributed by atoms with Crippen LogP contribution in [0.25, 0.3) is 0 Å². The van der Waals surface area contributed by atoms with Crippen LogP contribution in [-0.2, 0) is 14.6 Å². The summed E-state index contributed by atoms with van der Waals surface area (Å²) in [4.78, 5) is 11.7. The van der Waals surface area contributed by atoms with Gasteiger partial charge in [-0.05, 0) is 32.1 Å². The summed E-state index contributed by atoms with van der Waals surface area (Å²) in [5.74, 6) is 0.272. The van der Waals surface area contributed by atoms with Crippen LogP contribution < -0.4 is 11.1 Å². The van der Waals surface area contributed by atoms with Gasteiger partial charge in [0.15, 0.2) is 0 Å². The Kier molecular flexibility index (Phi) is 4.94. The van der Waals surface area contributed by atoms with Crippen LogP contribution in [0.15, 0.2) is 0 Å². The molecule has 0 bridgehead atoms. The molecule has 1 amide bonds. The summed E-state index contributed by atoms with van der Waals surface area (Å²) < 4.78 is 21.9. The zero-order valence-corrected chi connectivity index (χ0v) is 11.3. The van der Waals surface area contributed by atoms with E-state index in [0.29, 0.717) is 5.92 Å². The van der Waals surface area contributed by atoms with Crippen molar-refractivity contribution in [1.82, 2.24) is 5.32 Å². The van der Waals surface area contributed by atoms with Gasteiger partial charge in [0.25, 0.3) is 0 Å². The lowest BCUT2D eigenvalue weighted by molar-refractivity contribution is -0.123. The van der Waals surface area contributed by atoms with Gasteiger partial charge in [0.05, 0.1) is 11.8 Å². The van der Waals surface area contributed by atoms with Gasteiger partial charge in [-0.2, -0.15) is 0 Å². The maximum atomic E-state index is 11.7. The molecule has 0 spiro atoms. The number of hydrogen-bond acceptors (Lipinski definition) is 4. The van der Waals surface area contributed by atoms with Gasteiger partial charge in [0, 0.05) is 12.3 Å². The highest BCUT2D eigenvalue weighted by atomic mass is 32.2. The molecule has 2 atom stereocenters. The standard InChI is InChI=1S/C11H22N2O3S/c1-8(9-4-3-5-9)13-11(14)10(12)6-7-17(2,15)16/h8-10H,3-7,12H2,1-2H3,(H,13,14). The van der Waals surface area contributed by atoms with E-state index in [1.54, 1.807) is 0 Å². The Morgan fingerprint density at radius 1 is 1.47 bits per heavy atom. The number of nitrogens with two attached hydrogens (primary N) is 1. The van der Waals surface area contributed by atoms with Crippen molar-refractivity contribution in [3.8, 4) is 0 Å². The Hall–Kier alpha value is -0.620. The maximum Gasteiger partial charge on any atom is 0.237 e. The Bertz CT molecular complexity index is 363. The van der Waals surface area contributed by atoms with E-state index in [0.717, 1.165) is 19.1 Å². The predicted molar refractivity (Wildman–Crippen MR) is 67.2 cm³/mol. The average molecular weight is 262 g/mol. The number of rotatable bonds is 6. The second-order valence-electron chi connectivity index (χ2n) is 5.01. The average Bonchev–Trinajstić information content (AvgIpc) is 2.09. The number of carbonyl (C=O) groups is 1. The minimum atomic E-state index is -3.05. The van der Waals surface area contributed by atoms with Gasteiger partial charge in [-0.1, -0.05) is 6.42 Å². The Morgan fingerprint density at radius 3 is 2.47 bits per heavy atom. The quantitative estimate of drug-likeness (QED) is 0.708. The molecule has 0 radical (unpaired) electrons. The molecule has 1 aliphatic carbocycles. The lowest BCUT2D eigenvalue weighted by Crippen LogP contribution is -2.48. The molecule has 1 rings (SSSR count). The van der Waals surface area contributed by atoms with Gasteiger partial charge < -0.3 is 11.1 Å². The highest BCUT2D eigenvalue weighted by Crippen LogP contribution is 2.29. The molecule has 1 aliphatic rings. The van der Waals surface area contributed by atoms with Crippen molar-refractivity contribution in [3.05, 3.63) is 0 Å². The van der Waals surface area contributed by atoms with Crippen molar-refractivity contribution >= 4 is 15.7 Å². The molecule has 17 heavy (non-hydrogen) atoms. The zero-order valence-electron chi connectivity index (χ0n) is 10.5. The van der Waals surface area contributed by atoms with Crippen molar-refractivity contribution in [1.29, 1.82) is 0 Å². The van der Waals surface area contributed by atoms with Gasteiger partial charge in [0.2, 0.25) is 5.91 Å². The molecule has 2 unspecified atom stereocenters. The third-order valence-corrected chi connectivity index (χ3v) is 4.34. The fourth-order valence-electron chi connectivity index (χ4n) is 1.86. The van der Waals surface area contributed by atoms with Crippen molar-refractivity contribution < 1.29 is 13.2 Å². The van der Waals surface area contributed by atoms with Crippen molar-refractivity contribution in [2.45, 2.75) is 44.7 Å². The molecule has 3 N–H and O–H groups in total. The van der Waals surface area contributed by atoms with E-state index in [-0.39, 0.29) is 24.1 Å². The van der Waals surface area contributed by atoms with Crippen molar-refractivity contribution in [2.24, 2.45) is 11.7 Å². The second-order valence-corrected chi connectivity index (χ2v) is 7.27. The van der Waals surface area contributed by atoms with Crippen LogP contribution in [0.5, 0.6) is 0 Å². The first-order valence-electron chi connectivity index (χ1n) is 6.03. The molecule has 0 aromatic heterocycles. The number of amides is 1. The molecule has 0 aromatic carbocycles. The molecule has 1 fully saturated rings. The molecule has 0 heterocycles. The summed E-state index contributed by atoms with van der Waals surface area (Å²) in [6, 6.07) is -0.590. The molecule has 0 aliphatic heterocycles. The first-order chi connectivity index (χ1) is 7.79. The summed E-state index contributed by atoms with van der Waals surface area (Å²) in [6.07, 6.45) is 4.86. The number of carbonyl (C=O) groups excluding carboxylic acids is 1. The van der Waals surface area contributed by atoms with E-state index in [9.17, 15) is 13.2 Å². The Balaban J connectivity index is 2.30. The summed E-state index contributed by atoms with van der Waals surface area (Å²) in [5, 5.41) is 2.86. The zero-order chi connectivity index (χ0) is 13.1. The molecule has 1 saturated carbocycles. The van der Waals surface area contributed by atoms with Gasteiger partial charge in [-0.3, -0.25) is 4.79 Å². The SMILES string of the molecule is CC(NC(=O)C(N)CCS(C)(=O)=O)C1CCC1. The summed E-state index contributed by atoms with van der Waals surface area (Å²) >= 11 is 0. The van der Waals surface area contributed by atoms with Gasteiger partial charge in [0.1, 0.15) is 9.84 Å². The smallest absolute Gasteiger partial charge is 0.237 e. The highest BCUT2D eigenvalue weighted by molar-refractivity contribution is 7.90. The maximum absolute atomic E-state index is 11.7. The van der Waals surface area contributed by atoms with Crippen LogP contribution in [-0.4, -0.2) is 38.4 Å². The van der Waals surface area contributed by atoms with E-state index < -0.39 is 15.9 Å². The van der Waals surface area contributed by atoms with Crippen molar-refractivity contribution in [3.63, 3.8) is 0 Å². The Labute approximate surface area is 103 Å². The normalized spacial score (nSPS) is 20.4. The summed E-state index contributed by atoms with van der Waals surface area (Å²) in [7, 11) is -3.05. The van der Waals surface area contributed by atoms with Crippen LogP contribution in [0.1, 0.15) is 32.6 Å². The van der Waals surface area contributed by atoms with Crippen LogP contribution in [0.4, 0.5) is 0 Å². The predicted octanol–water partition coefficient (Wildman–Crippen LogP) is 0.0532. The molecule has 0 aromatic rings. The lowest BCUT2D eigenvalue weighted by atomic mass is 9.80. The van der Waals surface area contributed by atoms with E-state index in [1.165, 1.54) is 6.42 Å². The molecular formula is C11H22N2O3S. The molecule has 5 nitrogen and oxygen atoms in total. The second kappa shape index (κ2) is 5.82. The molecule has 100 valence electrons. The van der Waals surface area contributed by atoms with Crippen LogP contribution in [0, 0.1) is 5.92 Å². The van der Waals surface area contributed by atoms with E-state index >= 15 is 0 Å². The number of sulfone groups is 1. The molecular weight excluding hydrogens is 240 g/mol. The third kappa shape index (κ3) is 5.04. The van der Waals surface area contributed by atoms with E-state index in [4.69, 9.17) is 5.73 Å². The van der Waals surface area contributed by atoms with Gasteiger partial charge in [-0.25, -0.2) is 8.42 Å². The third-order valence-electron chi connectivity index (χ3n) is 3.36. The van der Waals surface area contributed by atoms with Crippen LogP contribution in [0.3, 0.4) is 0 Å². The number of hydrogen-bond donors (Lipinski definition) is 2. The summed E-state index contributed by atoms with van der Waals surface area (Å²) in [5.41, 5.74) is 5.66. The minimum Gasteiger partial charge on any atom is -0.352 e. The monoisotopic (exact) mass is 262 g/mol. The van der Waals surface area contributed by atoms with Gasteiger partial charge in [-0.15, -0.1) is 0 Å². The first kappa shape index (κ1) is 14.4. The fraction of sp³-hybridized carbons (Fsp3) is 0.909. The highest BCUT2D eigenvalue weighted by Gasteiger charge is 2.26. The topological polar surface area (TPSA) is 89.3 Å². The van der Waals surface area contributed by atoms with Gasteiger partial charge >= 0.3 is 0 Å². The lowest BCUT2D eigenvalue weighted by Gasteiger charge is -2.32. The number of nitrogens with one attached hydrogen (secondary N) is 1. The minimum absolute atomic E-state index is 0.0423. The molecule has 6 heteroatoms. The fourth-order valence-corrected chi connectivity index (χ4v) is 2.54. The Morgan fingerprint density at radius 2 is 2.06 bits per heavy atom. The van der Waals surface area contributed by atoms with Crippen LogP contribution in [0.2, 0.25) is 0 Å². The summed E-state index contributed by atoms with van der Waals surface area (Å²) in [6.45, 7) is 1.98. The van der Waals surface area contributed by atoms with Crippen LogP contribution >= 0.6 is 0 Å². The first-order valence-corrected chi connectivity index (χ1v) is 8.09. The largest absolute Gasteiger partial charge is 0.352 e.